The molecular formula is C11H23N3. The minimum atomic E-state index is -0.0379. The highest BCUT2D eigenvalue weighted by Gasteiger charge is 2.31. The van der Waals surface area contributed by atoms with Crippen LogP contribution in [0.3, 0.4) is 0 Å². The molecule has 2 fully saturated rings. The highest BCUT2D eigenvalue weighted by atomic mass is 15.3. The standard InChI is InChI=1S/C11H23N3/c1-11(2,12)9-13-7-4-10(8-13)14-5-3-6-14/h10H,3-9,12H2,1-2H3. The van der Waals surface area contributed by atoms with Gasteiger partial charge in [0, 0.05) is 24.7 Å². The maximum Gasteiger partial charge on any atom is 0.0235 e. The molecule has 1 atom stereocenters. The molecule has 2 heterocycles. The lowest BCUT2D eigenvalue weighted by molar-refractivity contribution is 0.117. The first-order valence-corrected chi connectivity index (χ1v) is 5.80. The van der Waals surface area contributed by atoms with Gasteiger partial charge in [0.1, 0.15) is 0 Å². The number of hydrogen-bond donors (Lipinski definition) is 1. The Bertz CT molecular complexity index is 193. The summed E-state index contributed by atoms with van der Waals surface area (Å²) >= 11 is 0. The molecule has 2 aliphatic rings. The fourth-order valence-electron chi connectivity index (χ4n) is 2.54. The molecular weight excluding hydrogens is 174 g/mol. The SMILES string of the molecule is CC(C)(N)CN1CCC(N2CCC2)C1. The lowest BCUT2D eigenvalue weighted by Gasteiger charge is -2.36. The van der Waals surface area contributed by atoms with Crippen molar-refractivity contribution in [1.29, 1.82) is 0 Å². The second-order valence-electron chi connectivity index (χ2n) is 5.56. The minimum absolute atomic E-state index is 0.0379. The molecule has 82 valence electrons. The van der Waals surface area contributed by atoms with Crippen LogP contribution in [0.5, 0.6) is 0 Å². The molecule has 0 aliphatic carbocycles. The van der Waals surface area contributed by atoms with Crippen molar-refractivity contribution in [2.75, 3.05) is 32.7 Å². The van der Waals surface area contributed by atoms with Crippen molar-refractivity contribution >= 4 is 0 Å². The number of likely N-dealkylation sites (tertiary alicyclic amines) is 2. The maximum absolute atomic E-state index is 6.03. The van der Waals surface area contributed by atoms with Crippen molar-refractivity contribution in [3.63, 3.8) is 0 Å². The first kappa shape index (κ1) is 10.4. The van der Waals surface area contributed by atoms with Gasteiger partial charge in [0.15, 0.2) is 0 Å². The van der Waals surface area contributed by atoms with Gasteiger partial charge in [0.25, 0.3) is 0 Å². The second-order valence-corrected chi connectivity index (χ2v) is 5.56. The van der Waals surface area contributed by atoms with E-state index in [9.17, 15) is 0 Å². The molecule has 0 bridgehead atoms. The maximum atomic E-state index is 6.03. The summed E-state index contributed by atoms with van der Waals surface area (Å²) in [5.74, 6) is 0. The van der Waals surface area contributed by atoms with Gasteiger partial charge in [-0.25, -0.2) is 0 Å². The summed E-state index contributed by atoms with van der Waals surface area (Å²) in [6, 6.07) is 0.825. The highest BCUT2D eigenvalue weighted by Crippen LogP contribution is 2.21. The van der Waals surface area contributed by atoms with Crippen molar-refractivity contribution in [2.45, 2.75) is 38.3 Å². The number of nitrogens with zero attached hydrogens (tertiary/aromatic N) is 2. The van der Waals surface area contributed by atoms with Gasteiger partial charge in [0.2, 0.25) is 0 Å². The molecule has 2 N–H and O–H groups in total. The predicted octanol–water partition coefficient (Wildman–Crippen LogP) is 0.504. The van der Waals surface area contributed by atoms with Gasteiger partial charge in [-0.15, -0.1) is 0 Å². The molecule has 2 aliphatic heterocycles. The first-order chi connectivity index (χ1) is 6.54. The summed E-state index contributed by atoms with van der Waals surface area (Å²) < 4.78 is 0. The van der Waals surface area contributed by atoms with Crippen LogP contribution in [0.25, 0.3) is 0 Å². The van der Waals surface area contributed by atoms with Crippen LogP contribution in [0, 0.1) is 0 Å². The van der Waals surface area contributed by atoms with E-state index in [0.29, 0.717) is 0 Å². The first-order valence-electron chi connectivity index (χ1n) is 5.80. The molecule has 0 radical (unpaired) electrons. The predicted molar refractivity (Wildman–Crippen MR) is 59.3 cm³/mol. The molecule has 1 unspecified atom stereocenters. The van der Waals surface area contributed by atoms with Crippen molar-refractivity contribution in [2.24, 2.45) is 5.73 Å². The zero-order valence-electron chi connectivity index (χ0n) is 9.50. The third-order valence-corrected chi connectivity index (χ3v) is 3.29. The second kappa shape index (κ2) is 3.80. The van der Waals surface area contributed by atoms with Crippen LogP contribution in [-0.2, 0) is 0 Å². The fourth-order valence-corrected chi connectivity index (χ4v) is 2.54. The van der Waals surface area contributed by atoms with Gasteiger partial charge < -0.3 is 5.73 Å². The summed E-state index contributed by atoms with van der Waals surface area (Å²) in [6.45, 7) is 10.4. The number of nitrogens with two attached hydrogens (primary N) is 1. The van der Waals surface area contributed by atoms with E-state index in [1.807, 2.05) is 0 Å². The third-order valence-electron chi connectivity index (χ3n) is 3.29. The lowest BCUT2D eigenvalue weighted by Crippen LogP contribution is -2.48. The Kier molecular flexibility index (Phi) is 2.82. The Morgan fingerprint density at radius 1 is 1.29 bits per heavy atom. The molecule has 0 aromatic rings. The Labute approximate surface area is 87.2 Å². The van der Waals surface area contributed by atoms with Gasteiger partial charge in [-0.1, -0.05) is 0 Å². The van der Waals surface area contributed by atoms with E-state index in [2.05, 4.69) is 23.6 Å². The Balaban J connectivity index is 1.76. The Morgan fingerprint density at radius 2 is 2.00 bits per heavy atom. The van der Waals surface area contributed by atoms with Crippen LogP contribution in [0.2, 0.25) is 0 Å². The molecule has 14 heavy (non-hydrogen) atoms. The van der Waals surface area contributed by atoms with Crippen LogP contribution in [-0.4, -0.2) is 54.1 Å². The van der Waals surface area contributed by atoms with Crippen molar-refractivity contribution in [3.8, 4) is 0 Å². The molecule has 2 saturated heterocycles. The molecule has 0 spiro atoms. The van der Waals surface area contributed by atoms with Gasteiger partial charge in [-0.3, -0.25) is 9.80 Å². The lowest BCUT2D eigenvalue weighted by atomic mass is 10.1. The Hall–Kier alpha value is -0.120. The van der Waals surface area contributed by atoms with Crippen LogP contribution >= 0.6 is 0 Å². The van der Waals surface area contributed by atoms with E-state index in [4.69, 9.17) is 5.73 Å². The van der Waals surface area contributed by atoms with E-state index < -0.39 is 0 Å². The normalized spacial score (nSPS) is 30.6. The van der Waals surface area contributed by atoms with E-state index in [0.717, 1.165) is 12.6 Å². The summed E-state index contributed by atoms with van der Waals surface area (Å²) in [6.07, 6.45) is 2.75. The molecule has 2 rings (SSSR count). The van der Waals surface area contributed by atoms with Gasteiger partial charge >= 0.3 is 0 Å². The zero-order chi connectivity index (χ0) is 10.2. The third kappa shape index (κ3) is 2.47. The molecule has 0 saturated carbocycles. The largest absolute Gasteiger partial charge is 0.324 e. The number of hydrogen-bond acceptors (Lipinski definition) is 3. The Morgan fingerprint density at radius 3 is 2.50 bits per heavy atom. The summed E-state index contributed by atoms with van der Waals surface area (Å²) in [4.78, 5) is 5.13. The summed E-state index contributed by atoms with van der Waals surface area (Å²) in [5, 5.41) is 0. The van der Waals surface area contributed by atoms with Crippen molar-refractivity contribution in [1.82, 2.24) is 9.80 Å². The monoisotopic (exact) mass is 197 g/mol. The summed E-state index contributed by atoms with van der Waals surface area (Å²) in [7, 11) is 0. The van der Waals surface area contributed by atoms with E-state index in [1.165, 1.54) is 39.0 Å². The topological polar surface area (TPSA) is 32.5 Å². The van der Waals surface area contributed by atoms with E-state index in [1.54, 1.807) is 0 Å². The minimum Gasteiger partial charge on any atom is -0.324 e. The van der Waals surface area contributed by atoms with Crippen LogP contribution in [0.1, 0.15) is 26.7 Å². The fraction of sp³-hybridized carbons (Fsp3) is 1.00. The molecule has 0 amide bonds. The van der Waals surface area contributed by atoms with E-state index in [-0.39, 0.29) is 5.54 Å². The molecule has 3 nitrogen and oxygen atoms in total. The van der Waals surface area contributed by atoms with Gasteiger partial charge in [-0.2, -0.15) is 0 Å². The number of rotatable bonds is 3. The molecule has 0 aromatic heterocycles. The van der Waals surface area contributed by atoms with Crippen LogP contribution < -0.4 is 5.73 Å². The quantitative estimate of drug-likeness (QED) is 0.715. The van der Waals surface area contributed by atoms with Gasteiger partial charge in [-0.05, 0) is 46.3 Å². The molecule has 3 heteroatoms. The zero-order valence-corrected chi connectivity index (χ0v) is 9.50. The van der Waals surface area contributed by atoms with Gasteiger partial charge in [0.05, 0.1) is 0 Å². The van der Waals surface area contributed by atoms with E-state index >= 15 is 0 Å². The van der Waals surface area contributed by atoms with Crippen molar-refractivity contribution < 1.29 is 0 Å². The van der Waals surface area contributed by atoms with Crippen LogP contribution in [0.15, 0.2) is 0 Å². The van der Waals surface area contributed by atoms with Crippen LogP contribution in [0.4, 0.5) is 0 Å². The average molecular weight is 197 g/mol. The average Bonchev–Trinajstić information content (AvgIpc) is 2.28. The highest BCUT2D eigenvalue weighted by molar-refractivity contribution is 4.89. The molecule has 0 aromatic carbocycles. The van der Waals surface area contributed by atoms with Crippen molar-refractivity contribution in [3.05, 3.63) is 0 Å². The smallest absolute Gasteiger partial charge is 0.0235 e. The summed E-state index contributed by atoms with van der Waals surface area (Å²) in [5.41, 5.74) is 5.99.